The molecule has 3 heteroatoms. The lowest BCUT2D eigenvalue weighted by Crippen LogP contribution is -2.62. The van der Waals surface area contributed by atoms with E-state index in [-0.39, 0.29) is 0 Å². The zero-order valence-corrected chi connectivity index (χ0v) is 14.2. The number of piperazine rings is 1. The lowest BCUT2D eigenvalue weighted by Gasteiger charge is -2.52. The lowest BCUT2D eigenvalue weighted by molar-refractivity contribution is -0.00279. The molecule has 2 fully saturated rings. The van der Waals surface area contributed by atoms with Gasteiger partial charge in [-0.05, 0) is 43.7 Å². The third kappa shape index (κ3) is 3.15. The third-order valence-electron chi connectivity index (χ3n) is 5.44. The number of thioether (sulfide) groups is 1. The van der Waals surface area contributed by atoms with Gasteiger partial charge < -0.3 is 5.32 Å². The van der Waals surface area contributed by atoms with Gasteiger partial charge in [0.1, 0.15) is 0 Å². The van der Waals surface area contributed by atoms with Crippen LogP contribution in [-0.2, 0) is 0 Å². The van der Waals surface area contributed by atoms with E-state index in [2.05, 4.69) is 47.7 Å². The first-order valence-corrected chi connectivity index (χ1v) is 9.59. The van der Waals surface area contributed by atoms with Gasteiger partial charge in [0, 0.05) is 36.1 Å². The molecule has 2 nitrogen and oxygen atoms in total. The standard InChI is InChI=1S/C18H28N2S/c1-15(16-6-8-17(21-2)9-7-16)20-13-12-19-14-18(20)10-4-3-5-11-18/h6-9,15,19H,3-5,10-14H2,1-2H3. The summed E-state index contributed by atoms with van der Waals surface area (Å²) < 4.78 is 0. The van der Waals surface area contributed by atoms with Crippen molar-refractivity contribution in [3.05, 3.63) is 29.8 Å². The number of benzene rings is 1. The van der Waals surface area contributed by atoms with Crippen LogP contribution in [0.4, 0.5) is 0 Å². The molecule has 1 heterocycles. The summed E-state index contributed by atoms with van der Waals surface area (Å²) in [5, 5.41) is 3.65. The van der Waals surface area contributed by atoms with Gasteiger partial charge in [-0.15, -0.1) is 11.8 Å². The van der Waals surface area contributed by atoms with Gasteiger partial charge in [-0.3, -0.25) is 4.90 Å². The fourth-order valence-electron chi connectivity index (χ4n) is 4.20. The average Bonchev–Trinajstić information content (AvgIpc) is 2.55. The second-order valence-corrected chi connectivity index (χ2v) is 7.48. The minimum Gasteiger partial charge on any atom is -0.314 e. The second kappa shape index (κ2) is 6.72. The predicted molar refractivity (Wildman–Crippen MR) is 92.0 cm³/mol. The highest BCUT2D eigenvalue weighted by atomic mass is 32.2. The molecule has 1 spiro atoms. The van der Waals surface area contributed by atoms with Crippen molar-refractivity contribution in [3.8, 4) is 0 Å². The monoisotopic (exact) mass is 304 g/mol. The first-order valence-electron chi connectivity index (χ1n) is 8.37. The number of hydrogen-bond acceptors (Lipinski definition) is 3. The Morgan fingerprint density at radius 2 is 1.86 bits per heavy atom. The van der Waals surface area contributed by atoms with Crippen LogP contribution >= 0.6 is 11.8 Å². The Morgan fingerprint density at radius 1 is 1.14 bits per heavy atom. The van der Waals surface area contributed by atoms with Crippen LogP contribution in [-0.4, -0.2) is 36.3 Å². The fourth-order valence-corrected chi connectivity index (χ4v) is 4.61. The molecule has 1 atom stereocenters. The van der Waals surface area contributed by atoms with Crippen LogP contribution in [0.3, 0.4) is 0 Å². The van der Waals surface area contributed by atoms with E-state index in [4.69, 9.17) is 0 Å². The van der Waals surface area contributed by atoms with Crippen LogP contribution in [0.25, 0.3) is 0 Å². The molecule has 1 unspecified atom stereocenters. The topological polar surface area (TPSA) is 15.3 Å². The molecule has 3 rings (SSSR count). The van der Waals surface area contributed by atoms with E-state index < -0.39 is 0 Å². The normalized spacial score (nSPS) is 24.1. The van der Waals surface area contributed by atoms with Crippen molar-refractivity contribution in [2.45, 2.75) is 55.5 Å². The maximum Gasteiger partial charge on any atom is 0.0340 e. The molecule has 1 aromatic rings. The Balaban J connectivity index is 1.81. The van der Waals surface area contributed by atoms with Crippen LogP contribution in [0.1, 0.15) is 50.6 Å². The molecule has 21 heavy (non-hydrogen) atoms. The van der Waals surface area contributed by atoms with E-state index >= 15 is 0 Å². The van der Waals surface area contributed by atoms with E-state index in [0.717, 1.165) is 6.54 Å². The molecule has 1 aliphatic carbocycles. The minimum absolute atomic E-state index is 0.411. The maximum absolute atomic E-state index is 3.65. The Hall–Kier alpha value is -0.510. The Morgan fingerprint density at radius 3 is 2.52 bits per heavy atom. The summed E-state index contributed by atoms with van der Waals surface area (Å²) in [5.74, 6) is 0. The van der Waals surface area contributed by atoms with Gasteiger partial charge in [-0.2, -0.15) is 0 Å². The molecule has 2 aliphatic rings. The van der Waals surface area contributed by atoms with Crippen molar-refractivity contribution in [1.82, 2.24) is 10.2 Å². The van der Waals surface area contributed by atoms with E-state index in [9.17, 15) is 0 Å². The van der Waals surface area contributed by atoms with Crippen molar-refractivity contribution in [3.63, 3.8) is 0 Å². The van der Waals surface area contributed by atoms with Crippen LogP contribution < -0.4 is 5.32 Å². The van der Waals surface area contributed by atoms with E-state index in [1.807, 2.05) is 11.8 Å². The predicted octanol–water partition coefficient (Wildman–Crippen LogP) is 4.08. The Labute approximate surface area is 133 Å². The van der Waals surface area contributed by atoms with Crippen molar-refractivity contribution < 1.29 is 0 Å². The largest absolute Gasteiger partial charge is 0.314 e. The van der Waals surface area contributed by atoms with Crippen molar-refractivity contribution >= 4 is 11.8 Å². The first-order chi connectivity index (χ1) is 10.2. The summed E-state index contributed by atoms with van der Waals surface area (Å²) >= 11 is 1.82. The van der Waals surface area contributed by atoms with Gasteiger partial charge in [-0.25, -0.2) is 0 Å². The summed E-state index contributed by atoms with van der Waals surface area (Å²) in [6.45, 7) is 5.90. The summed E-state index contributed by atoms with van der Waals surface area (Å²) in [6, 6.07) is 9.73. The summed E-state index contributed by atoms with van der Waals surface area (Å²) in [4.78, 5) is 4.16. The van der Waals surface area contributed by atoms with Gasteiger partial charge in [0.05, 0.1) is 0 Å². The second-order valence-electron chi connectivity index (χ2n) is 6.60. The molecule has 0 radical (unpaired) electrons. The number of nitrogens with one attached hydrogen (secondary N) is 1. The Bertz CT molecular complexity index is 443. The molecular formula is C18H28N2S. The number of rotatable bonds is 3. The highest BCUT2D eigenvalue weighted by Crippen LogP contribution is 2.39. The zero-order chi connectivity index (χ0) is 14.7. The third-order valence-corrected chi connectivity index (χ3v) is 6.19. The smallest absolute Gasteiger partial charge is 0.0340 e. The summed E-state index contributed by atoms with van der Waals surface area (Å²) in [6.07, 6.45) is 9.10. The SMILES string of the molecule is CSc1ccc(C(C)N2CCNCC23CCCCC3)cc1. The highest BCUT2D eigenvalue weighted by Gasteiger charge is 2.41. The van der Waals surface area contributed by atoms with Crippen molar-refractivity contribution in [2.24, 2.45) is 0 Å². The first kappa shape index (κ1) is 15.4. The number of hydrogen-bond donors (Lipinski definition) is 1. The number of nitrogens with zero attached hydrogens (tertiary/aromatic N) is 1. The van der Waals surface area contributed by atoms with Gasteiger partial charge >= 0.3 is 0 Å². The molecule has 1 saturated heterocycles. The van der Waals surface area contributed by atoms with Crippen LogP contribution in [0, 0.1) is 0 Å². The average molecular weight is 305 g/mol. The van der Waals surface area contributed by atoms with Gasteiger partial charge in [0.25, 0.3) is 0 Å². The van der Waals surface area contributed by atoms with Crippen LogP contribution in [0.15, 0.2) is 29.2 Å². The molecule has 0 amide bonds. The quantitative estimate of drug-likeness (QED) is 0.847. The lowest BCUT2D eigenvalue weighted by atomic mass is 9.78. The maximum atomic E-state index is 3.65. The van der Waals surface area contributed by atoms with Crippen LogP contribution in [0.2, 0.25) is 0 Å². The van der Waals surface area contributed by atoms with E-state index in [1.54, 1.807) is 0 Å². The Kier molecular flexibility index (Phi) is 4.92. The minimum atomic E-state index is 0.411. The van der Waals surface area contributed by atoms with Gasteiger partial charge in [-0.1, -0.05) is 31.4 Å². The molecule has 116 valence electrons. The van der Waals surface area contributed by atoms with E-state index in [1.165, 1.54) is 55.7 Å². The fraction of sp³-hybridized carbons (Fsp3) is 0.667. The molecule has 1 N–H and O–H groups in total. The van der Waals surface area contributed by atoms with Crippen LogP contribution in [0.5, 0.6) is 0 Å². The zero-order valence-electron chi connectivity index (χ0n) is 13.4. The molecule has 0 bridgehead atoms. The molecule has 1 aromatic carbocycles. The summed E-state index contributed by atoms with van der Waals surface area (Å²) in [5.41, 5.74) is 1.88. The molecule has 1 saturated carbocycles. The highest BCUT2D eigenvalue weighted by molar-refractivity contribution is 7.98. The summed E-state index contributed by atoms with van der Waals surface area (Å²) in [7, 11) is 0. The van der Waals surface area contributed by atoms with Crippen molar-refractivity contribution in [1.29, 1.82) is 0 Å². The molecular weight excluding hydrogens is 276 g/mol. The molecule has 1 aliphatic heterocycles. The van der Waals surface area contributed by atoms with Crippen molar-refractivity contribution in [2.75, 3.05) is 25.9 Å². The van der Waals surface area contributed by atoms with Gasteiger partial charge in [0.2, 0.25) is 0 Å². The molecule has 0 aromatic heterocycles. The van der Waals surface area contributed by atoms with Gasteiger partial charge in [0.15, 0.2) is 0 Å². The van der Waals surface area contributed by atoms with E-state index in [0.29, 0.717) is 11.6 Å².